The number of ether oxygens (including phenoxy) is 1. The topological polar surface area (TPSA) is 135 Å². The number of hydrazone groups is 1. The van der Waals surface area contributed by atoms with Gasteiger partial charge < -0.3 is 4.74 Å². The van der Waals surface area contributed by atoms with E-state index in [-0.39, 0.29) is 22.7 Å². The van der Waals surface area contributed by atoms with Crippen LogP contribution in [0.15, 0.2) is 28.1 Å². The lowest BCUT2D eigenvalue weighted by molar-refractivity contribution is -0.385. The van der Waals surface area contributed by atoms with Crippen molar-refractivity contribution >= 4 is 17.7 Å². The van der Waals surface area contributed by atoms with Crippen molar-refractivity contribution in [3.8, 4) is 5.75 Å². The third-order valence-corrected chi connectivity index (χ3v) is 3.28. The minimum atomic E-state index is -0.604. The number of nitro groups is 1. The van der Waals surface area contributed by atoms with Crippen LogP contribution >= 0.6 is 0 Å². The predicted molar refractivity (Wildman–Crippen MR) is 96.8 cm³/mol. The van der Waals surface area contributed by atoms with Crippen LogP contribution in [0.1, 0.15) is 39.0 Å². The number of nitrogens with one attached hydrogen (secondary N) is 2. The van der Waals surface area contributed by atoms with Crippen molar-refractivity contribution in [3.63, 3.8) is 0 Å². The van der Waals surface area contributed by atoms with Crippen molar-refractivity contribution in [2.24, 2.45) is 5.10 Å². The van der Waals surface area contributed by atoms with Gasteiger partial charge in [-0.15, -0.1) is 0 Å². The molecule has 0 fully saturated rings. The number of hydrogen-bond donors (Lipinski definition) is 2. The smallest absolute Gasteiger partial charge is 0.363 e. The Balaban J connectivity index is 2.27. The summed E-state index contributed by atoms with van der Waals surface area (Å²) in [4.78, 5) is 25.9. The van der Waals surface area contributed by atoms with Crippen LogP contribution in [0.3, 0.4) is 0 Å². The summed E-state index contributed by atoms with van der Waals surface area (Å²) in [6, 6.07) is 4.50. The van der Waals surface area contributed by atoms with Gasteiger partial charge in [0, 0.05) is 17.0 Å². The van der Waals surface area contributed by atoms with Crippen LogP contribution in [0.5, 0.6) is 5.75 Å². The Kier molecular flexibility index (Phi) is 5.65. The molecule has 0 saturated heterocycles. The molecule has 0 spiro atoms. The highest BCUT2D eigenvalue weighted by Gasteiger charge is 2.21. The Hall–Kier alpha value is -3.30. The van der Waals surface area contributed by atoms with Crippen molar-refractivity contribution in [2.45, 2.75) is 33.1 Å². The number of anilines is 1. The van der Waals surface area contributed by atoms with Crippen LogP contribution < -0.4 is 15.9 Å². The molecule has 0 aliphatic carbocycles. The van der Waals surface area contributed by atoms with Gasteiger partial charge in [-0.2, -0.15) is 15.2 Å². The average molecular weight is 360 g/mol. The van der Waals surface area contributed by atoms with E-state index in [2.05, 4.69) is 25.7 Å². The molecular formula is C16H20N6O4. The molecule has 26 heavy (non-hydrogen) atoms. The summed E-state index contributed by atoms with van der Waals surface area (Å²) >= 11 is 0. The minimum absolute atomic E-state index is 0.151. The number of aromatic nitrogens is 3. The molecule has 2 rings (SSSR count). The Labute approximate surface area is 149 Å². The van der Waals surface area contributed by atoms with Crippen molar-refractivity contribution in [2.75, 3.05) is 12.0 Å². The molecule has 0 aliphatic heterocycles. The Morgan fingerprint density at radius 3 is 2.77 bits per heavy atom. The van der Waals surface area contributed by atoms with Crippen LogP contribution in [0.2, 0.25) is 0 Å². The molecule has 10 nitrogen and oxygen atoms in total. The van der Waals surface area contributed by atoms with Gasteiger partial charge in [0.15, 0.2) is 11.6 Å². The normalized spacial score (nSPS) is 11.5. The molecule has 2 aromatic rings. The highest BCUT2D eigenvalue weighted by molar-refractivity contribution is 5.82. The third-order valence-electron chi connectivity index (χ3n) is 3.28. The second-order valence-corrected chi connectivity index (χ2v) is 6.38. The number of nitro benzene ring substituents is 1. The summed E-state index contributed by atoms with van der Waals surface area (Å²) < 4.78 is 5.24. The number of benzene rings is 1. The molecule has 0 saturated carbocycles. The largest absolute Gasteiger partial charge is 0.487 e. The highest BCUT2D eigenvalue weighted by Crippen LogP contribution is 2.27. The lowest BCUT2D eigenvalue weighted by Gasteiger charge is -2.18. The van der Waals surface area contributed by atoms with E-state index in [0.717, 1.165) is 0 Å². The fourth-order valence-corrected chi connectivity index (χ4v) is 2.14. The van der Waals surface area contributed by atoms with E-state index in [1.807, 2.05) is 20.8 Å². The number of nitrogens with zero attached hydrogens (tertiary/aromatic N) is 4. The van der Waals surface area contributed by atoms with Crippen LogP contribution in [0, 0.1) is 10.1 Å². The zero-order valence-electron chi connectivity index (χ0n) is 14.9. The Morgan fingerprint density at radius 1 is 1.42 bits per heavy atom. The number of aromatic amines is 1. The standard InChI is InChI=1S/C16H20N6O4/c1-5-26-12-7-6-10(8-11(12)22(24)25)9-17-20-14-13(16(2,3)4)19-21-15(23)18-14/h6-9H,5H2,1-4H3,(H2,18,20,21,23)/b17-9+. The summed E-state index contributed by atoms with van der Waals surface area (Å²) in [6.07, 6.45) is 1.39. The monoisotopic (exact) mass is 360 g/mol. The van der Waals surface area contributed by atoms with Gasteiger partial charge in [-0.25, -0.2) is 9.89 Å². The average Bonchev–Trinajstić information content (AvgIpc) is 2.55. The molecule has 0 atom stereocenters. The molecule has 1 aromatic heterocycles. The zero-order valence-corrected chi connectivity index (χ0v) is 14.9. The zero-order chi connectivity index (χ0) is 19.3. The Bertz CT molecular complexity index is 885. The summed E-state index contributed by atoms with van der Waals surface area (Å²) in [5.41, 5.74) is 2.57. The van der Waals surface area contributed by atoms with Gasteiger partial charge in [0.2, 0.25) is 0 Å². The van der Waals surface area contributed by atoms with Crippen molar-refractivity contribution in [3.05, 3.63) is 50.1 Å². The van der Waals surface area contributed by atoms with Gasteiger partial charge in [0.05, 0.1) is 17.7 Å². The lowest BCUT2D eigenvalue weighted by atomic mass is 9.92. The molecule has 10 heteroatoms. The number of rotatable bonds is 6. The Morgan fingerprint density at radius 2 is 2.15 bits per heavy atom. The molecule has 0 amide bonds. The molecular weight excluding hydrogens is 340 g/mol. The van der Waals surface area contributed by atoms with Crippen molar-refractivity contribution < 1.29 is 9.66 Å². The van der Waals surface area contributed by atoms with E-state index in [4.69, 9.17) is 4.74 Å². The first-order chi connectivity index (χ1) is 12.2. The second kappa shape index (κ2) is 7.72. The van der Waals surface area contributed by atoms with E-state index in [9.17, 15) is 14.9 Å². The van der Waals surface area contributed by atoms with Crippen molar-refractivity contribution in [1.29, 1.82) is 0 Å². The first-order valence-corrected chi connectivity index (χ1v) is 7.90. The number of H-pyrrole nitrogens is 1. The van der Waals surface area contributed by atoms with E-state index in [1.54, 1.807) is 13.0 Å². The van der Waals surface area contributed by atoms with Gasteiger partial charge >= 0.3 is 11.4 Å². The molecule has 1 aromatic carbocycles. The molecule has 0 radical (unpaired) electrons. The molecule has 0 bridgehead atoms. The summed E-state index contributed by atoms with van der Waals surface area (Å²) in [5.74, 6) is 0.413. The molecule has 0 aliphatic rings. The van der Waals surface area contributed by atoms with Crippen LogP contribution in [0.4, 0.5) is 11.5 Å². The highest BCUT2D eigenvalue weighted by atomic mass is 16.6. The predicted octanol–water partition coefficient (Wildman–Crippen LogP) is 2.22. The van der Waals surface area contributed by atoms with Crippen LogP contribution in [-0.2, 0) is 5.41 Å². The van der Waals surface area contributed by atoms with E-state index < -0.39 is 10.6 Å². The van der Waals surface area contributed by atoms with E-state index >= 15 is 0 Å². The number of hydrogen-bond acceptors (Lipinski definition) is 8. The maximum Gasteiger partial charge on any atom is 0.363 e. The van der Waals surface area contributed by atoms with Gasteiger partial charge in [0.25, 0.3) is 0 Å². The van der Waals surface area contributed by atoms with Gasteiger partial charge in [-0.05, 0) is 19.1 Å². The molecule has 1 heterocycles. The van der Waals surface area contributed by atoms with Crippen molar-refractivity contribution in [1.82, 2.24) is 15.2 Å². The third kappa shape index (κ3) is 4.62. The van der Waals surface area contributed by atoms with E-state index in [0.29, 0.717) is 17.9 Å². The summed E-state index contributed by atoms with van der Waals surface area (Å²) in [5, 5.41) is 21.5. The fraction of sp³-hybridized carbons (Fsp3) is 0.375. The van der Waals surface area contributed by atoms with Gasteiger partial charge in [0.1, 0.15) is 5.69 Å². The van der Waals surface area contributed by atoms with Gasteiger partial charge in [-0.3, -0.25) is 15.5 Å². The van der Waals surface area contributed by atoms with E-state index in [1.165, 1.54) is 18.3 Å². The summed E-state index contributed by atoms with van der Waals surface area (Å²) in [6.45, 7) is 7.82. The first-order valence-electron chi connectivity index (χ1n) is 7.90. The van der Waals surface area contributed by atoms with Gasteiger partial charge in [-0.1, -0.05) is 20.8 Å². The second-order valence-electron chi connectivity index (χ2n) is 6.38. The first kappa shape index (κ1) is 19.0. The van der Waals surface area contributed by atoms with Crippen LogP contribution in [0.25, 0.3) is 0 Å². The maximum absolute atomic E-state index is 11.4. The lowest BCUT2D eigenvalue weighted by Crippen LogP contribution is -2.24. The summed E-state index contributed by atoms with van der Waals surface area (Å²) in [7, 11) is 0. The maximum atomic E-state index is 11.4. The quantitative estimate of drug-likeness (QED) is 0.458. The minimum Gasteiger partial charge on any atom is -0.487 e. The fourth-order valence-electron chi connectivity index (χ4n) is 2.14. The molecule has 138 valence electrons. The van der Waals surface area contributed by atoms with Crippen LogP contribution in [-0.4, -0.2) is 32.9 Å². The molecule has 2 N–H and O–H groups in total. The molecule has 0 unspecified atom stereocenters. The SMILES string of the molecule is CCOc1ccc(/C=N/Nc2nc(=O)[nH]nc2C(C)(C)C)cc1[N+](=O)[O-].